The number of nitrogens with one attached hydrogen (secondary N) is 1. The van der Waals surface area contributed by atoms with Gasteiger partial charge in [-0.1, -0.05) is 22.0 Å². The summed E-state index contributed by atoms with van der Waals surface area (Å²) in [5, 5.41) is 16.4. The molecular weight excluding hydrogens is 559 g/mol. The molecule has 1 fully saturated rings. The molecule has 2 aliphatic heterocycles. The summed E-state index contributed by atoms with van der Waals surface area (Å²) >= 11 is 3.38. The number of nitrogens with zero attached hydrogens (tertiary/aromatic N) is 5. The average Bonchev–Trinajstić information content (AvgIpc) is 3.28. The third-order valence-electron chi connectivity index (χ3n) is 5.58. The van der Waals surface area contributed by atoms with Crippen LogP contribution in [0.15, 0.2) is 45.3 Å². The van der Waals surface area contributed by atoms with Crippen LogP contribution in [-0.2, 0) is 31.7 Å². The number of carboxylic acid groups (broad SMARTS) is 1. The summed E-state index contributed by atoms with van der Waals surface area (Å²) < 4.78 is 32.7. The molecule has 1 aromatic heterocycles. The molecule has 0 bridgehead atoms. The summed E-state index contributed by atoms with van der Waals surface area (Å²) in [7, 11) is -0.875. The number of hydrogen-bond acceptors (Lipinski definition) is 9. The number of amidine groups is 1. The van der Waals surface area contributed by atoms with E-state index in [1.165, 1.54) is 24.5 Å². The summed E-state index contributed by atoms with van der Waals surface area (Å²) in [6, 6.07) is 3.22. The Kier molecular flexibility index (Phi) is 8.26. The fraction of sp³-hybridized carbons (Fsp3) is 0.409. The number of esters is 1. The van der Waals surface area contributed by atoms with Gasteiger partial charge in [0.2, 0.25) is 5.82 Å². The van der Waals surface area contributed by atoms with Crippen molar-refractivity contribution in [1.29, 1.82) is 0 Å². The van der Waals surface area contributed by atoms with E-state index in [0.29, 0.717) is 46.9 Å². The van der Waals surface area contributed by atoms with Crippen molar-refractivity contribution in [3.8, 4) is 0 Å². The maximum atomic E-state index is 13.9. The predicted molar refractivity (Wildman–Crippen MR) is 132 cm³/mol. The lowest BCUT2D eigenvalue weighted by Crippen LogP contribution is -2.44. The number of ether oxygens (including phenoxy) is 1. The van der Waals surface area contributed by atoms with Crippen LogP contribution >= 0.6 is 15.9 Å². The molecule has 1 aromatic carbocycles. The number of aromatic nitrogens is 3. The van der Waals surface area contributed by atoms with E-state index in [0.717, 1.165) is 4.68 Å². The number of benzene rings is 1. The molecule has 0 aliphatic carbocycles. The van der Waals surface area contributed by atoms with Crippen LogP contribution in [0.2, 0.25) is 0 Å². The van der Waals surface area contributed by atoms with Gasteiger partial charge in [-0.25, -0.2) is 18.9 Å². The zero-order valence-electron chi connectivity index (χ0n) is 19.3. The number of carbonyl (C=O) groups is 2. The number of aliphatic carboxylic acids is 1. The Balaban J connectivity index is 1.79. The van der Waals surface area contributed by atoms with Crippen LogP contribution in [-0.4, -0.2) is 84.5 Å². The Labute approximate surface area is 217 Å². The minimum Gasteiger partial charge on any atom is -0.480 e. The Morgan fingerprint density at radius 2 is 2.08 bits per heavy atom. The first-order valence-electron chi connectivity index (χ1n) is 11.1. The average molecular weight is 583 g/mol. The molecule has 192 valence electrons. The predicted octanol–water partition coefficient (Wildman–Crippen LogP) is 1.24. The lowest BCUT2D eigenvalue weighted by atomic mass is 9.95. The molecule has 14 heteroatoms. The molecule has 1 atom stereocenters. The van der Waals surface area contributed by atoms with Crippen molar-refractivity contribution in [2.75, 3.05) is 37.7 Å². The molecular formula is C22H24BrFN6O5S. The van der Waals surface area contributed by atoms with Crippen molar-refractivity contribution in [2.24, 2.45) is 4.99 Å². The SMILES string of the molecule is CCOC(=O)C1=C(CN2CCS(=O)CC2)NC(c2ncn(CC(=O)O)n2)=NC1c1ccc(F)cc1Br. The smallest absolute Gasteiger partial charge is 0.338 e. The first-order chi connectivity index (χ1) is 17.2. The highest BCUT2D eigenvalue weighted by Gasteiger charge is 2.35. The second-order valence-electron chi connectivity index (χ2n) is 8.07. The fourth-order valence-corrected chi connectivity index (χ4v) is 5.60. The molecule has 0 amide bonds. The monoisotopic (exact) mass is 582 g/mol. The van der Waals surface area contributed by atoms with Gasteiger partial charge in [-0.3, -0.25) is 18.9 Å². The third-order valence-corrected chi connectivity index (χ3v) is 7.54. The van der Waals surface area contributed by atoms with Gasteiger partial charge in [-0.15, -0.1) is 5.10 Å². The summed E-state index contributed by atoms with van der Waals surface area (Å²) in [5.41, 5.74) is 1.28. The largest absolute Gasteiger partial charge is 0.480 e. The molecule has 3 heterocycles. The zero-order valence-corrected chi connectivity index (χ0v) is 21.7. The molecule has 2 aliphatic rings. The summed E-state index contributed by atoms with van der Waals surface area (Å²) in [6.45, 7) is 2.94. The second kappa shape index (κ2) is 11.4. The fourth-order valence-electron chi connectivity index (χ4n) is 3.91. The molecule has 2 N–H and O–H groups in total. The normalized spacial score (nSPS) is 19.1. The van der Waals surface area contributed by atoms with Crippen LogP contribution in [0.25, 0.3) is 0 Å². The van der Waals surface area contributed by atoms with E-state index in [-0.39, 0.29) is 30.4 Å². The van der Waals surface area contributed by atoms with Crippen LogP contribution in [0.4, 0.5) is 4.39 Å². The minimum atomic E-state index is -1.08. The highest BCUT2D eigenvalue weighted by atomic mass is 79.9. The number of aliphatic imine (C=N–C) groups is 1. The van der Waals surface area contributed by atoms with Crippen LogP contribution in [0, 0.1) is 5.82 Å². The van der Waals surface area contributed by atoms with Crippen molar-refractivity contribution >= 4 is 44.5 Å². The minimum absolute atomic E-state index is 0.139. The molecule has 2 aromatic rings. The highest BCUT2D eigenvalue weighted by Crippen LogP contribution is 2.36. The van der Waals surface area contributed by atoms with Crippen LogP contribution in [0.5, 0.6) is 0 Å². The molecule has 36 heavy (non-hydrogen) atoms. The van der Waals surface area contributed by atoms with Gasteiger partial charge in [0.15, 0.2) is 5.84 Å². The van der Waals surface area contributed by atoms with Gasteiger partial charge in [-0.05, 0) is 24.6 Å². The Morgan fingerprint density at radius 1 is 1.33 bits per heavy atom. The second-order valence-corrected chi connectivity index (χ2v) is 10.6. The van der Waals surface area contributed by atoms with Gasteiger partial charge in [0, 0.05) is 52.1 Å². The van der Waals surface area contributed by atoms with Crippen molar-refractivity contribution < 1.29 is 28.0 Å². The summed E-state index contributed by atoms with van der Waals surface area (Å²) in [5.74, 6) is -0.696. The van der Waals surface area contributed by atoms with Crippen molar-refractivity contribution in [3.63, 3.8) is 0 Å². The van der Waals surface area contributed by atoms with E-state index < -0.39 is 34.6 Å². The Bertz CT molecular complexity index is 1260. The maximum absolute atomic E-state index is 13.9. The van der Waals surface area contributed by atoms with Crippen molar-refractivity contribution in [3.05, 3.63) is 57.5 Å². The van der Waals surface area contributed by atoms with E-state index in [9.17, 15) is 18.2 Å². The van der Waals surface area contributed by atoms with Gasteiger partial charge in [0.05, 0.1) is 12.2 Å². The maximum Gasteiger partial charge on any atom is 0.338 e. The number of rotatable bonds is 8. The lowest BCUT2D eigenvalue weighted by molar-refractivity contribution is -0.139. The van der Waals surface area contributed by atoms with Gasteiger partial charge in [-0.2, -0.15) is 0 Å². The lowest BCUT2D eigenvalue weighted by Gasteiger charge is -2.32. The van der Waals surface area contributed by atoms with Gasteiger partial charge in [0.1, 0.15) is 24.7 Å². The number of carbonyl (C=O) groups excluding carboxylic acids is 1. The van der Waals surface area contributed by atoms with Gasteiger partial charge in [0.25, 0.3) is 0 Å². The third kappa shape index (κ3) is 6.05. The molecule has 0 saturated carbocycles. The molecule has 4 rings (SSSR count). The molecule has 1 unspecified atom stereocenters. The number of carboxylic acids is 1. The Hall–Kier alpha value is -2.97. The molecule has 1 saturated heterocycles. The van der Waals surface area contributed by atoms with Crippen LogP contribution in [0.3, 0.4) is 0 Å². The number of halogens is 2. The van der Waals surface area contributed by atoms with E-state index in [1.54, 1.807) is 6.92 Å². The van der Waals surface area contributed by atoms with Crippen molar-refractivity contribution in [2.45, 2.75) is 19.5 Å². The van der Waals surface area contributed by atoms with E-state index in [2.05, 4.69) is 41.2 Å². The molecule has 0 radical (unpaired) electrons. The quantitative estimate of drug-likeness (QED) is 0.440. The Morgan fingerprint density at radius 3 is 2.75 bits per heavy atom. The zero-order chi connectivity index (χ0) is 25.8. The van der Waals surface area contributed by atoms with Crippen molar-refractivity contribution in [1.82, 2.24) is 25.0 Å². The molecule has 11 nitrogen and oxygen atoms in total. The topological polar surface area (TPSA) is 139 Å². The van der Waals surface area contributed by atoms with Crippen LogP contribution < -0.4 is 5.32 Å². The van der Waals surface area contributed by atoms with Gasteiger partial charge < -0.3 is 15.2 Å². The summed E-state index contributed by atoms with van der Waals surface area (Å²) in [6.07, 6.45) is 1.28. The summed E-state index contributed by atoms with van der Waals surface area (Å²) in [4.78, 5) is 35.2. The highest BCUT2D eigenvalue weighted by molar-refractivity contribution is 9.10. The first-order valence-corrected chi connectivity index (χ1v) is 13.4. The first kappa shape index (κ1) is 26.1. The van der Waals surface area contributed by atoms with E-state index >= 15 is 0 Å². The molecule has 0 spiro atoms. The van der Waals surface area contributed by atoms with E-state index in [4.69, 9.17) is 9.84 Å². The number of hydrogen-bond donors (Lipinski definition) is 2. The van der Waals surface area contributed by atoms with E-state index in [1.807, 2.05) is 0 Å². The standard InChI is InChI=1S/C22H24BrFN6O5S/c1-2-35-22(33)18-16(10-29-5-7-36(34)8-6-29)26-21(20-25-12-30(28-20)11-17(31)32)27-19(18)14-4-3-13(24)9-15(14)23/h3-4,9,12,19H,2,5-8,10-11H2,1H3,(H,26,27)(H,31,32). The van der Waals surface area contributed by atoms with Crippen LogP contribution in [0.1, 0.15) is 24.4 Å². The van der Waals surface area contributed by atoms with Gasteiger partial charge >= 0.3 is 11.9 Å².